The average Bonchev–Trinajstić information content (AvgIpc) is 2.27. The highest BCUT2D eigenvalue weighted by Gasteiger charge is 2.38. The van der Waals surface area contributed by atoms with Crippen molar-refractivity contribution in [3.8, 4) is 0 Å². The number of alkyl halides is 3. The van der Waals surface area contributed by atoms with E-state index in [4.69, 9.17) is 34.8 Å². The van der Waals surface area contributed by atoms with E-state index in [2.05, 4.69) is 5.32 Å². The van der Waals surface area contributed by atoms with Crippen LogP contribution < -0.4 is 10.6 Å². The fourth-order valence-electron chi connectivity index (χ4n) is 1.55. The predicted molar refractivity (Wildman–Crippen MR) is 79.8 cm³/mol. The zero-order chi connectivity index (χ0) is 14.6. The third-order valence-electron chi connectivity index (χ3n) is 2.53. The van der Waals surface area contributed by atoms with Crippen molar-refractivity contribution in [1.29, 1.82) is 0 Å². The fourth-order valence-corrected chi connectivity index (χ4v) is 1.94. The van der Waals surface area contributed by atoms with E-state index < -0.39 is 9.96 Å². The first-order valence-electron chi connectivity index (χ1n) is 5.99. The van der Waals surface area contributed by atoms with Crippen molar-refractivity contribution in [3.63, 3.8) is 0 Å². The van der Waals surface area contributed by atoms with Crippen LogP contribution in [0.15, 0.2) is 24.3 Å². The molecule has 0 radical (unpaired) electrons. The highest BCUT2D eigenvalue weighted by atomic mass is 35.6. The Morgan fingerprint density at radius 2 is 1.74 bits per heavy atom. The summed E-state index contributed by atoms with van der Waals surface area (Å²) in [5.74, 6) is -0.256. The number of amides is 1. The molecule has 0 saturated heterocycles. The topological polar surface area (TPSA) is 45.7 Å². The van der Waals surface area contributed by atoms with Gasteiger partial charge in [-0.25, -0.2) is 0 Å². The van der Waals surface area contributed by atoms with Crippen LogP contribution in [0.25, 0.3) is 0 Å². The molecule has 0 aliphatic rings. The quantitative estimate of drug-likeness (QED) is 0.648. The molecule has 0 aliphatic heterocycles. The summed E-state index contributed by atoms with van der Waals surface area (Å²) in [5, 5.41) is 4.54. The summed E-state index contributed by atoms with van der Waals surface area (Å²) in [4.78, 5) is 12.1. The average molecular weight is 325 g/mol. The molecule has 0 unspecified atom stereocenters. The van der Waals surface area contributed by atoms with E-state index in [0.29, 0.717) is 5.56 Å². The van der Waals surface area contributed by atoms with Crippen LogP contribution in [0.5, 0.6) is 0 Å². The molecule has 0 aromatic heterocycles. The number of rotatable bonds is 4. The maximum atomic E-state index is 12.1. The van der Waals surface area contributed by atoms with E-state index in [9.17, 15) is 4.79 Å². The molecule has 1 amide bonds. The molecule has 0 spiro atoms. The normalized spacial score (nSPS) is 13.4. The highest BCUT2D eigenvalue weighted by molar-refractivity contribution is 6.68. The Morgan fingerprint density at radius 3 is 2.16 bits per heavy atom. The lowest BCUT2D eigenvalue weighted by Gasteiger charge is -2.25. The van der Waals surface area contributed by atoms with Crippen LogP contribution in [0.4, 0.5) is 0 Å². The maximum Gasteiger partial charge on any atom is 0.262 e. The van der Waals surface area contributed by atoms with Gasteiger partial charge in [0.25, 0.3) is 9.70 Å². The number of carbonyl (C=O) groups excluding carboxylic acids is 1. The van der Waals surface area contributed by atoms with E-state index in [1.54, 1.807) is 17.4 Å². The minimum atomic E-state index is -1.56. The van der Waals surface area contributed by atoms with Crippen LogP contribution in [-0.4, -0.2) is 21.9 Å². The SMILES string of the molecule is Cc1ccc(C(=O)N[C@H]([NH2+]C(C)C)C(Cl)(Cl)Cl)cc1. The van der Waals surface area contributed by atoms with Crippen LogP contribution in [0.3, 0.4) is 0 Å². The molecule has 1 aromatic rings. The summed E-state index contributed by atoms with van der Waals surface area (Å²) in [6.45, 7) is 5.88. The fraction of sp³-hybridized carbons (Fsp3) is 0.462. The Morgan fingerprint density at radius 1 is 1.21 bits per heavy atom. The number of hydrogen-bond acceptors (Lipinski definition) is 1. The van der Waals surface area contributed by atoms with Crippen LogP contribution in [0, 0.1) is 6.92 Å². The first kappa shape index (κ1) is 16.6. The smallest absolute Gasteiger partial charge is 0.262 e. The molecule has 1 rings (SSSR count). The number of halogens is 3. The molecule has 0 bridgehead atoms. The van der Waals surface area contributed by atoms with Gasteiger partial charge in [-0.1, -0.05) is 52.5 Å². The maximum absolute atomic E-state index is 12.1. The largest absolute Gasteiger partial charge is 0.321 e. The van der Waals surface area contributed by atoms with Gasteiger partial charge >= 0.3 is 0 Å². The standard InChI is InChI=1S/C13H17Cl3N2O/c1-8(2)17-12(13(14,15)16)18-11(19)10-6-4-9(3)5-7-10/h4-8,12,17H,1-3H3,(H,18,19)/p+1/t12-/m0/s1. The molecular formula is C13H18Cl3N2O+. The number of quaternary nitrogens is 1. The van der Waals surface area contributed by atoms with Crippen LogP contribution in [0.2, 0.25) is 0 Å². The summed E-state index contributed by atoms with van der Waals surface area (Å²) in [5.41, 5.74) is 1.63. The van der Waals surface area contributed by atoms with E-state index in [1.165, 1.54) is 0 Å². The lowest BCUT2D eigenvalue weighted by atomic mass is 10.1. The van der Waals surface area contributed by atoms with Gasteiger partial charge in [0, 0.05) is 5.56 Å². The monoisotopic (exact) mass is 323 g/mol. The van der Waals surface area contributed by atoms with E-state index in [0.717, 1.165) is 5.56 Å². The molecule has 19 heavy (non-hydrogen) atoms. The predicted octanol–water partition coefficient (Wildman–Crippen LogP) is 2.39. The number of aryl methyl sites for hydroxylation is 1. The molecule has 6 heteroatoms. The Labute approximate surface area is 128 Å². The van der Waals surface area contributed by atoms with Gasteiger partial charge in [-0.05, 0) is 32.9 Å². The molecule has 3 nitrogen and oxygen atoms in total. The Hall–Kier alpha value is -0.480. The minimum absolute atomic E-state index is 0.193. The third kappa shape index (κ3) is 5.57. The molecule has 0 fully saturated rings. The second-order valence-electron chi connectivity index (χ2n) is 4.80. The summed E-state index contributed by atoms with van der Waals surface area (Å²) in [6, 6.07) is 7.42. The van der Waals surface area contributed by atoms with Gasteiger partial charge in [0.1, 0.15) is 0 Å². The van der Waals surface area contributed by atoms with Gasteiger partial charge in [-0.2, -0.15) is 0 Å². The van der Waals surface area contributed by atoms with Crippen molar-refractivity contribution >= 4 is 40.7 Å². The molecular weight excluding hydrogens is 307 g/mol. The number of hydrogen-bond donors (Lipinski definition) is 2. The highest BCUT2D eigenvalue weighted by Crippen LogP contribution is 2.27. The number of nitrogens with one attached hydrogen (secondary N) is 1. The Kier molecular flexibility index (Phi) is 5.93. The van der Waals surface area contributed by atoms with Gasteiger partial charge in [-0.15, -0.1) is 0 Å². The van der Waals surface area contributed by atoms with Crippen molar-refractivity contribution in [2.45, 2.75) is 36.8 Å². The van der Waals surface area contributed by atoms with Crippen molar-refractivity contribution in [2.24, 2.45) is 0 Å². The zero-order valence-corrected chi connectivity index (χ0v) is 13.4. The van der Waals surface area contributed by atoms with Crippen molar-refractivity contribution in [2.75, 3.05) is 0 Å². The molecule has 0 heterocycles. The van der Waals surface area contributed by atoms with Crippen LogP contribution >= 0.6 is 34.8 Å². The summed E-state index contributed by atoms with van der Waals surface area (Å²) in [6.07, 6.45) is -0.633. The lowest BCUT2D eigenvalue weighted by molar-refractivity contribution is -0.717. The first-order chi connectivity index (χ1) is 8.70. The minimum Gasteiger partial charge on any atom is -0.321 e. The van der Waals surface area contributed by atoms with Gasteiger partial charge < -0.3 is 5.32 Å². The zero-order valence-electron chi connectivity index (χ0n) is 11.1. The molecule has 3 N–H and O–H groups in total. The first-order valence-corrected chi connectivity index (χ1v) is 7.13. The van der Waals surface area contributed by atoms with Crippen molar-refractivity contribution in [1.82, 2.24) is 5.32 Å². The van der Waals surface area contributed by atoms with Gasteiger partial charge in [0.05, 0.1) is 6.04 Å². The van der Waals surface area contributed by atoms with E-state index in [-0.39, 0.29) is 11.9 Å². The van der Waals surface area contributed by atoms with Crippen molar-refractivity contribution in [3.05, 3.63) is 35.4 Å². The van der Waals surface area contributed by atoms with Crippen molar-refractivity contribution < 1.29 is 10.1 Å². The van der Waals surface area contributed by atoms with Crippen LogP contribution in [-0.2, 0) is 0 Å². The number of benzene rings is 1. The molecule has 0 aliphatic carbocycles. The number of nitrogens with two attached hydrogens (primary N) is 1. The molecule has 0 saturated carbocycles. The summed E-state index contributed by atoms with van der Waals surface area (Å²) in [7, 11) is 0. The second-order valence-corrected chi connectivity index (χ2v) is 7.16. The van der Waals surface area contributed by atoms with Gasteiger partial charge in [0.15, 0.2) is 0 Å². The molecule has 106 valence electrons. The van der Waals surface area contributed by atoms with E-state index in [1.807, 2.05) is 32.9 Å². The molecule has 1 atom stereocenters. The number of carbonyl (C=O) groups is 1. The second kappa shape index (κ2) is 6.80. The summed E-state index contributed by atoms with van der Waals surface area (Å²) < 4.78 is -1.56. The molecule has 1 aromatic carbocycles. The van der Waals surface area contributed by atoms with Gasteiger partial charge in [0.2, 0.25) is 6.17 Å². The lowest BCUT2D eigenvalue weighted by Crippen LogP contribution is -2.99. The Balaban J connectivity index is 2.79. The summed E-state index contributed by atoms with van der Waals surface area (Å²) >= 11 is 17.7. The van der Waals surface area contributed by atoms with Crippen LogP contribution in [0.1, 0.15) is 29.8 Å². The van der Waals surface area contributed by atoms with E-state index >= 15 is 0 Å². The third-order valence-corrected chi connectivity index (χ3v) is 3.24. The van der Waals surface area contributed by atoms with Gasteiger partial charge in [-0.3, -0.25) is 10.1 Å². The Bertz CT molecular complexity index is 427.